The van der Waals surface area contributed by atoms with Crippen LogP contribution in [0.15, 0.2) is 55.0 Å². The average Bonchev–Trinajstić information content (AvgIpc) is 2.82. The SMILES string of the molecule is Cc1ccnc(CN)c1.Cc1ccnc(CNC(=O)NCCF)c1.[C-]#[N+]c1cc(C)ccn1. The number of alkyl halides is 1. The number of nitrogens with one attached hydrogen (secondary N) is 2. The molecule has 8 nitrogen and oxygen atoms in total. The van der Waals surface area contributed by atoms with Gasteiger partial charge in [-0.05, 0) is 68.3 Å². The van der Waals surface area contributed by atoms with Gasteiger partial charge in [0.25, 0.3) is 5.82 Å². The van der Waals surface area contributed by atoms with Gasteiger partial charge in [-0.1, -0.05) is 12.1 Å². The van der Waals surface area contributed by atoms with Crippen LogP contribution < -0.4 is 16.4 Å². The van der Waals surface area contributed by atoms with Crippen LogP contribution in [0, 0.1) is 27.3 Å². The highest BCUT2D eigenvalue weighted by molar-refractivity contribution is 5.73. The van der Waals surface area contributed by atoms with Crippen molar-refractivity contribution < 1.29 is 9.18 Å². The van der Waals surface area contributed by atoms with Crippen LogP contribution in [0.5, 0.6) is 0 Å². The molecule has 3 heterocycles. The molecule has 4 N–H and O–H groups in total. The van der Waals surface area contributed by atoms with Gasteiger partial charge in [0.1, 0.15) is 12.9 Å². The Kier molecular flexibility index (Phi) is 13.0. The number of urea groups is 1. The maximum Gasteiger partial charge on any atom is 0.315 e. The van der Waals surface area contributed by atoms with Crippen molar-refractivity contribution in [2.24, 2.45) is 5.73 Å². The first-order valence-electron chi connectivity index (χ1n) is 10.3. The van der Waals surface area contributed by atoms with E-state index in [1.165, 1.54) is 5.56 Å². The molecule has 0 saturated heterocycles. The van der Waals surface area contributed by atoms with Crippen LogP contribution in [0.1, 0.15) is 28.1 Å². The lowest BCUT2D eigenvalue weighted by Gasteiger charge is -2.05. The fourth-order valence-corrected chi connectivity index (χ4v) is 2.38. The van der Waals surface area contributed by atoms with Gasteiger partial charge in [0.2, 0.25) is 0 Å². The number of rotatable bonds is 5. The number of nitrogens with two attached hydrogens (primary N) is 1. The van der Waals surface area contributed by atoms with Crippen molar-refractivity contribution in [3.63, 3.8) is 0 Å². The Morgan fingerprint density at radius 1 is 0.939 bits per heavy atom. The Morgan fingerprint density at radius 2 is 1.48 bits per heavy atom. The summed E-state index contributed by atoms with van der Waals surface area (Å²) in [5, 5.41) is 4.95. The average molecular weight is 452 g/mol. The van der Waals surface area contributed by atoms with Crippen molar-refractivity contribution in [1.29, 1.82) is 0 Å². The van der Waals surface area contributed by atoms with Crippen LogP contribution in [-0.4, -0.2) is 34.2 Å². The van der Waals surface area contributed by atoms with E-state index in [-0.39, 0.29) is 12.6 Å². The van der Waals surface area contributed by atoms with Crippen LogP contribution in [-0.2, 0) is 13.1 Å². The first kappa shape index (κ1) is 27.1. The van der Waals surface area contributed by atoms with E-state index in [4.69, 9.17) is 12.3 Å². The van der Waals surface area contributed by atoms with Crippen molar-refractivity contribution in [2.75, 3.05) is 13.2 Å². The van der Waals surface area contributed by atoms with Gasteiger partial charge < -0.3 is 21.2 Å². The molecule has 0 aromatic carbocycles. The number of carbonyl (C=O) groups is 1. The quantitative estimate of drug-likeness (QED) is 0.509. The molecule has 0 radical (unpaired) electrons. The molecule has 0 spiro atoms. The van der Waals surface area contributed by atoms with Crippen LogP contribution in [0.2, 0.25) is 0 Å². The predicted octanol–water partition coefficient (Wildman–Crippen LogP) is 3.95. The minimum absolute atomic E-state index is 0.0348. The highest BCUT2D eigenvalue weighted by Crippen LogP contribution is 2.07. The summed E-state index contributed by atoms with van der Waals surface area (Å²) in [4.78, 5) is 26.1. The summed E-state index contributed by atoms with van der Waals surface area (Å²) < 4.78 is 11.7. The van der Waals surface area contributed by atoms with Crippen molar-refractivity contribution in [2.45, 2.75) is 33.9 Å². The van der Waals surface area contributed by atoms with Crippen molar-refractivity contribution in [3.8, 4) is 0 Å². The maximum atomic E-state index is 11.7. The number of halogens is 1. The molecule has 33 heavy (non-hydrogen) atoms. The molecular weight excluding hydrogens is 421 g/mol. The van der Waals surface area contributed by atoms with E-state index in [2.05, 4.69) is 30.4 Å². The maximum absolute atomic E-state index is 11.7. The molecule has 9 heteroatoms. The fourth-order valence-electron chi connectivity index (χ4n) is 2.38. The summed E-state index contributed by atoms with van der Waals surface area (Å²) in [6.45, 7) is 12.9. The third kappa shape index (κ3) is 12.5. The largest absolute Gasteiger partial charge is 0.361 e. The zero-order valence-corrected chi connectivity index (χ0v) is 19.2. The number of aryl methyl sites for hydroxylation is 3. The van der Waals surface area contributed by atoms with Crippen LogP contribution in [0.4, 0.5) is 15.0 Å². The molecule has 3 aromatic rings. The van der Waals surface area contributed by atoms with Gasteiger partial charge in [-0.15, -0.1) is 4.98 Å². The normalized spacial score (nSPS) is 9.33. The molecule has 0 fully saturated rings. The number of carbonyl (C=O) groups excluding carboxylic acids is 1. The number of amides is 2. The van der Waals surface area contributed by atoms with Crippen LogP contribution in [0.25, 0.3) is 4.85 Å². The van der Waals surface area contributed by atoms with E-state index in [0.717, 1.165) is 22.5 Å². The van der Waals surface area contributed by atoms with E-state index < -0.39 is 6.67 Å². The summed E-state index contributed by atoms with van der Waals surface area (Å²) >= 11 is 0. The van der Waals surface area contributed by atoms with Crippen LogP contribution in [0.3, 0.4) is 0 Å². The van der Waals surface area contributed by atoms with Gasteiger partial charge in [0, 0.05) is 25.5 Å². The van der Waals surface area contributed by atoms with Gasteiger partial charge in [-0.3, -0.25) is 9.97 Å². The summed E-state index contributed by atoms with van der Waals surface area (Å²) in [6.07, 6.45) is 5.10. The molecular formula is C24H30FN7O. The second-order valence-corrected chi connectivity index (χ2v) is 6.95. The Hall–Kier alpha value is -3.90. The summed E-state index contributed by atoms with van der Waals surface area (Å²) in [5.41, 5.74) is 10.5. The molecule has 3 aromatic heterocycles. The number of hydrogen-bond donors (Lipinski definition) is 3. The molecule has 0 aliphatic rings. The molecule has 0 aliphatic carbocycles. The monoisotopic (exact) mass is 451 g/mol. The third-order valence-corrected chi connectivity index (χ3v) is 3.98. The van der Waals surface area contributed by atoms with Crippen molar-refractivity contribution in [3.05, 3.63) is 94.5 Å². The Balaban J connectivity index is 0.000000261. The fraction of sp³-hybridized carbons (Fsp3) is 0.292. The van der Waals surface area contributed by atoms with Gasteiger partial charge in [-0.2, -0.15) is 0 Å². The van der Waals surface area contributed by atoms with Crippen molar-refractivity contribution >= 4 is 11.8 Å². The second-order valence-electron chi connectivity index (χ2n) is 6.95. The molecule has 0 atom stereocenters. The minimum Gasteiger partial charge on any atom is -0.361 e. The predicted molar refractivity (Wildman–Crippen MR) is 127 cm³/mol. The molecule has 3 rings (SSSR count). The van der Waals surface area contributed by atoms with E-state index in [1.54, 1.807) is 24.7 Å². The molecule has 0 saturated carbocycles. The van der Waals surface area contributed by atoms with E-state index in [1.807, 2.05) is 51.1 Å². The van der Waals surface area contributed by atoms with Gasteiger partial charge >= 0.3 is 6.03 Å². The Labute approximate surface area is 194 Å². The van der Waals surface area contributed by atoms with Crippen molar-refractivity contribution in [1.82, 2.24) is 25.6 Å². The number of hydrogen-bond acceptors (Lipinski definition) is 5. The highest BCUT2D eigenvalue weighted by Gasteiger charge is 2.00. The number of pyridine rings is 3. The first-order chi connectivity index (χ1) is 15.9. The van der Waals surface area contributed by atoms with Gasteiger partial charge in [0.05, 0.1) is 17.9 Å². The lowest BCUT2D eigenvalue weighted by atomic mass is 10.2. The molecule has 0 aliphatic heterocycles. The Bertz CT molecular complexity index is 1040. The minimum atomic E-state index is -0.559. The molecule has 2 amide bonds. The smallest absolute Gasteiger partial charge is 0.315 e. The molecule has 0 bridgehead atoms. The third-order valence-electron chi connectivity index (χ3n) is 3.98. The van der Waals surface area contributed by atoms with Crippen LogP contribution >= 0.6 is 0 Å². The lowest BCUT2D eigenvalue weighted by molar-refractivity contribution is 0.239. The lowest BCUT2D eigenvalue weighted by Crippen LogP contribution is -2.36. The van der Waals surface area contributed by atoms with E-state index >= 15 is 0 Å². The highest BCUT2D eigenvalue weighted by atomic mass is 19.1. The number of nitrogens with zero attached hydrogens (tertiary/aromatic N) is 4. The molecule has 174 valence electrons. The molecule has 0 unspecified atom stereocenters. The Morgan fingerprint density at radius 3 is 1.94 bits per heavy atom. The van der Waals surface area contributed by atoms with E-state index in [9.17, 15) is 9.18 Å². The zero-order chi connectivity index (χ0) is 24.5. The van der Waals surface area contributed by atoms with E-state index in [0.29, 0.717) is 18.9 Å². The zero-order valence-electron chi connectivity index (χ0n) is 19.2. The topological polar surface area (TPSA) is 110 Å². The van der Waals surface area contributed by atoms with Gasteiger partial charge in [0.15, 0.2) is 0 Å². The standard InChI is InChI=1S/C10H14FN3O.C7H6N2.C7H10N2/c1-8-2-4-12-9(6-8)7-14-10(15)13-5-3-11;1-6-3-4-9-7(5-6)8-2;1-6-2-3-9-7(4-6)5-8/h2,4,6H,3,5,7H2,1H3,(H2,13,14,15);3-5H,1H3;2-4H,5,8H2,1H3. The summed E-state index contributed by atoms with van der Waals surface area (Å²) in [5.74, 6) is 0.468. The summed E-state index contributed by atoms with van der Waals surface area (Å²) in [7, 11) is 0. The number of aromatic nitrogens is 3. The second kappa shape index (κ2) is 15.8. The first-order valence-corrected chi connectivity index (χ1v) is 10.3. The summed E-state index contributed by atoms with van der Waals surface area (Å²) in [6, 6.07) is 11.0. The van der Waals surface area contributed by atoms with Gasteiger partial charge in [-0.25, -0.2) is 9.18 Å².